The Labute approximate surface area is 130 Å². The van der Waals surface area contributed by atoms with Gasteiger partial charge in [0.05, 0.1) is 17.4 Å². The van der Waals surface area contributed by atoms with Gasteiger partial charge in [-0.25, -0.2) is 0 Å². The third-order valence-corrected chi connectivity index (χ3v) is 3.98. The van der Waals surface area contributed by atoms with E-state index in [1.165, 1.54) is 12.1 Å². The number of hydrogen-bond acceptors (Lipinski definition) is 4. The highest BCUT2D eigenvalue weighted by Gasteiger charge is 2.19. The van der Waals surface area contributed by atoms with Gasteiger partial charge in [0.2, 0.25) is 5.91 Å². The molecular weight excluding hydrogens is 284 g/mol. The molecule has 120 valence electrons. The van der Waals surface area contributed by atoms with Crippen LogP contribution in [0.15, 0.2) is 24.3 Å². The number of amides is 1. The largest absolute Gasteiger partial charge is 0.378 e. The van der Waals surface area contributed by atoms with Crippen molar-refractivity contribution in [1.82, 2.24) is 5.32 Å². The highest BCUT2D eigenvalue weighted by atomic mass is 16.6. The molecule has 0 spiro atoms. The number of nitro benzene ring substituents is 1. The normalized spacial score (nSPS) is 21.3. The van der Waals surface area contributed by atoms with Crippen molar-refractivity contribution < 1.29 is 14.5 Å². The number of non-ortho nitro benzene ring substituents is 1. The van der Waals surface area contributed by atoms with E-state index in [2.05, 4.69) is 12.2 Å². The minimum Gasteiger partial charge on any atom is -0.378 e. The number of rotatable bonds is 6. The Balaban J connectivity index is 1.70. The summed E-state index contributed by atoms with van der Waals surface area (Å²) >= 11 is 0. The second-order valence-corrected chi connectivity index (χ2v) is 5.81. The molecule has 0 radical (unpaired) electrons. The average Bonchev–Trinajstić information content (AvgIpc) is 2.48. The van der Waals surface area contributed by atoms with Crippen LogP contribution in [0.2, 0.25) is 0 Å². The van der Waals surface area contributed by atoms with E-state index < -0.39 is 4.92 Å². The molecule has 1 saturated heterocycles. The second-order valence-electron chi connectivity index (χ2n) is 5.81. The summed E-state index contributed by atoms with van der Waals surface area (Å²) < 4.78 is 5.51. The lowest BCUT2D eigenvalue weighted by atomic mass is 9.93. The van der Waals surface area contributed by atoms with E-state index in [4.69, 9.17) is 4.74 Å². The first-order valence-corrected chi connectivity index (χ1v) is 7.66. The number of carbonyl (C=O) groups excluding carboxylic acids is 1. The van der Waals surface area contributed by atoms with Gasteiger partial charge in [-0.15, -0.1) is 0 Å². The fraction of sp³-hybridized carbons (Fsp3) is 0.562. The quantitative estimate of drug-likeness (QED) is 0.646. The van der Waals surface area contributed by atoms with Crippen molar-refractivity contribution in [3.05, 3.63) is 39.9 Å². The molecule has 1 heterocycles. The highest BCUT2D eigenvalue weighted by Crippen LogP contribution is 2.22. The van der Waals surface area contributed by atoms with E-state index in [9.17, 15) is 14.9 Å². The van der Waals surface area contributed by atoms with Gasteiger partial charge in [0.15, 0.2) is 0 Å². The molecule has 0 bridgehead atoms. The molecule has 1 fully saturated rings. The molecule has 1 amide bonds. The standard InChI is InChI=1S/C16H22N2O4/c1-12-10-14(7-9-22-12)6-8-17-16(19)11-13-2-4-15(5-3-13)18(20)21/h2-5,12,14H,6-11H2,1H3,(H,17,19)/t12-,14-/m0/s1. The van der Waals surface area contributed by atoms with Gasteiger partial charge >= 0.3 is 0 Å². The van der Waals surface area contributed by atoms with Crippen LogP contribution in [0.5, 0.6) is 0 Å². The predicted molar refractivity (Wildman–Crippen MR) is 82.6 cm³/mol. The molecule has 1 aromatic rings. The maximum Gasteiger partial charge on any atom is 0.269 e. The summed E-state index contributed by atoms with van der Waals surface area (Å²) in [5.41, 5.74) is 0.820. The van der Waals surface area contributed by atoms with Crippen LogP contribution in [-0.2, 0) is 16.0 Å². The molecule has 0 unspecified atom stereocenters. The molecule has 0 aromatic heterocycles. The summed E-state index contributed by atoms with van der Waals surface area (Å²) in [6.45, 7) is 3.56. The second kappa shape index (κ2) is 7.89. The van der Waals surface area contributed by atoms with E-state index in [1.54, 1.807) is 12.1 Å². The lowest BCUT2D eigenvalue weighted by Crippen LogP contribution is -2.30. The number of benzene rings is 1. The number of ether oxygens (including phenoxy) is 1. The Morgan fingerprint density at radius 2 is 2.14 bits per heavy atom. The maximum absolute atomic E-state index is 11.9. The maximum atomic E-state index is 11.9. The molecule has 2 atom stereocenters. The lowest BCUT2D eigenvalue weighted by molar-refractivity contribution is -0.384. The summed E-state index contributed by atoms with van der Waals surface area (Å²) in [7, 11) is 0. The molecule has 1 aliphatic heterocycles. The van der Waals surface area contributed by atoms with Crippen LogP contribution >= 0.6 is 0 Å². The summed E-state index contributed by atoms with van der Waals surface area (Å²) in [5.74, 6) is 0.567. The van der Waals surface area contributed by atoms with Crippen LogP contribution in [0.1, 0.15) is 31.7 Å². The first-order chi connectivity index (χ1) is 10.5. The Hall–Kier alpha value is -1.95. The third-order valence-electron chi connectivity index (χ3n) is 3.98. The lowest BCUT2D eigenvalue weighted by Gasteiger charge is -2.27. The molecule has 22 heavy (non-hydrogen) atoms. The Kier molecular flexibility index (Phi) is 5.89. The van der Waals surface area contributed by atoms with Crippen LogP contribution in [0.3, 0.4) is 0 Å². The Morgan fingerprint density at radius 3 is 2.77 bits per heavy atom. The fourth-order valence-corrected chi connectivity index (χ4v) is 2.75. The molecule has 6 heteroatoms. The topological polar surface area (TPSA) is 81.5 Å². The zero-order valence-electron chi connectivity index (χ0n) is 12.8. The Bertz CT molecular complexity index is 515. The van der Waals surface area contributed by atoms with Crippen LogP contribution in [0.25, 0.3) is 0 Å². The van der Waals surface area contributed by atoms with E-state index in [0.717, 1.165) is 31.4 Å². The summed E-state index contributed by atoms with van der Waals surface area (Å²) in [5, 5.41) is 13.5. The van der Waals surface area contributed by atoms with Gasteiger partial charge in [-0.1, -0.05) is 12.1 Å². The van der Waals surface area contributed by atoms with Crippen molar-refractivity contribution in [1.29, 1.82) is 0 Å². The van der Waals surface area contributed by atoms with Crippen molar-refractivity contribution in [3.63, 3.8) is 0 Å². The van der Waals surface area contributed by atoms with Crippen molar-refractivity contribution in [3.8, 4) is 0 Å². The summed E-state index contributed by atoms with van der Waals surface area (Å²) in [6.07, 6.45) is 3.65. The number of hydrogen-bond donors (Lipinski definition) is 1. The van der Waals surface area contributed by atoms with Crippen molar-refractivity contribution in [2.24, 2.45) is 5.92 Å². The molecule has 1 N–H and O–H groups in total. The van der Waals surface area contributed by atoms with E-state index in [1.807, 2.05) is 0 Å². The zero-order chi connectivity index (χ0) is 15.9. The van der Waals surface area contributed by atoms with Gasteiger partial charge in [0.25, 0.3) is 5.69 Å². The smallest absolute Gasteiger partial charge is 0.269 e. The monoisotopic (exact) mass is 306 g/mol. The SMILES string of the molecule is C[C@H]1C[C@@H](CCNC(=O)Cc2ccc([N+](=O)[O-])cc2)CCO1. The number of nitro groups is 1. The summed E-state index contributed by atoms with van der Waals surface area (Å²) in [6, 6.07) is 6.09. The van der Waals surface area contributed by atoms with Gasteiger partial charge in [-0.05, 0) is 37.7 Å². The highest BCUT2D eigenvalue weighted by molar-refractivity contribution is 5.78. The van der Waals surface area contributed by atoms with Gasteiger partial charge in [-0.3, -0.25) is 14.9 Å². The molecular formula is C16H22N2O4. The first-order valence-electron chi connectivity index (χ1n) is 7.66. The minimum atomic E-state index is -0.446. The van der Waals surface area contributed by atoms with Crippen LogP contribution in [-0.4, -0.2) is 30.1 Å². The molecule has 1 aromatic carbocycles. The van der Waals surface area contributed by atoms with Crippen LogP contribution < -0.4 is 5.32 Å². The predicted octanol–water partition coefficient (Wildman–Crippen LogP) is 2.46. The van der Waals surface area contributed by atoms with Crippen molar-refractivity contribution in [2.75, 3.05) is 13.2 Å². The molecule has 0 saturated carbocycles. The number of carbonyl (C=O) groups is 1. The van der Waals surface area contributed by atoms with Crippen LogP contribution in [0.4, 0.5) is 5.69 Å². The van der Waals surface area contributed by atoms with Gasteiger partial charge in [-0.2, -0.15) is 0 Å². The number of nitrogens with zero attached hydrogens (tertiary/aromatic N) is 1. The van der Waals surface area contributed by atoms with E-state index >= 15 is 0 Å². The van der Waals surface area contributed by atoms with E-state index in [-0.39, 0.29) is 18.0 Å². The first kappa shape index (κ1) is 16.4. The summed E-state index contributed by atoms with van der Waals surface area (Å²) in [4.78, 5) is 22.0. The molecule has 6 nitrogen and oxygen atoms in total. The zero-order valence-corrected chi connectivity index (χ0v) is 12.8. The Morgan fingerprint density at radius 1 is 1.41 bits per heavy atom. The minimum absolute atomic E-state index is 0.0396. The van der Waals surface area contributed by atoms with Gasteiger partial charge < -0.3 is 10.1 Å². The number of nitrogens with one attached hydrogen (secondary N) is 1. The fourth-order valence-electron chi connectivity index (χ4n) is 2.75. The van der Waals surface area contributed by atoms with E-state index in [0.29, 0.717) is 18.6 Å². The molecule has 1 aliphatic rings. The average molecular weight is 306 g/mol. The van der Waals surface area contributed by atoms with Crippen molar-refractivity contribution >= 4 is 11.6 Å². The van der Waals surface area contributed by atoms with Gasteiger partial charge in [0.1, 0.15) is 0 Å². The third kappa shape index (κ3) is 5.11. The van der Waals surface area contributed by atoms with Crippen LogP contribution in [0, 0.1) is 16.0 Å². The molecule has 0 aliphatic carbocycles. The van der Waals surface area contributed by atoms with Gasteiger partial charge in [0, 0.05) is 25.3 Å². The van der Waals surface area contributed by atoms with Crippen molar-refractivity contribution in [2.45, 2.75) is 38.7 Å². The molecule has 2 rings (SSSR count).